The second-order valence-corrected chi connectivity index (χ2v) is 3.85. The fourth-order valence-corrected chi connectivity index (χ4v) is 1.87. The maximum Gasteiger partial charge on any atom is 0.417 e. The number of nitrogens with zero attached hydrogens (tertiary/aromatic N) is 1. The van der Waals surface area contributed by atoms with Crippen LogP contribution < -0.4 is 16.1 Å². The van der Waals surface area contributed by atoms with Crippen molar-refractivity contribution in [3.63, 3.8) is 0 Å². The van der Waals surface area contributed by atoms with Crippen molar-refractivity contribution in [3.05, 3.63) is 40.2 Å². The quantitative estimate of drug-likeness (QED) is 0.852. The van der Waals surface area contributed by atoms with Crippen LogP contribution >= 0.6 is 0 Å². The summed E-state index contributed by atoms with van der Waals surface area (Å²) in [7, 11) is 0. The number of halogens is 3. The maximum atomic E-state index is 13.0. The third-order valence-electron chi connectivity index (χ3n) is 2.64. The number of hydrogen-bond acceptors (Lipinski definition) is 3. The van der Waals surface area contributed by atoms with E-state index in [1.807, 2.05) is 0 Å². The SMILES string of the molecule is CCOc1cccc2c1c(C(F)(F)F)cc(=O)n2N. The first kappa shape index (κ1) is 13.3. The van der Waals surface area contributed by atoms with Crippen LogP contribution in [0.3, 0.4) is 0 Å². The molecule has 0 bridgehead atoms. The van der Waals surface area contributed by atoms with Crippen LogP contribution in [-0.4, -0.2) is 11.3 Å². The highest BCUT2D eigenvalue weighted by Crippen LogP contribution is 2.37. The number of nitrogen functional groups attached to an aromatic ring is 1. The minimum absolute atomic E-state index is 0.0224. The van der Waals surface area contributed by atoms with E-state index >= 15 is 0 Å². The van der Waals surface area contributed by atoms with Gasteiger partial charge in [-0.05, 0) is 19.1 Å². The number of fused-ring (bicyclic) bond motifs is 1. The molecule has 0 radical (unpaired) electrons. The zero-order valence-electron chi connectivity index (χ0n) is 9.99. The van der Waals surface area contributed by atoms with Crippen LogP contribution in [0.2, 0.25) is 0 Å². The van der Waals surface area contributed by atoms with Gasteiger partial charge in [-0.15, -0.1) is 0 Å². The lowest BCUT2D eigenvalue weighted by Gasteiger charge is -2.15. The first-order valence-electron chi connectivity index (χ1n) is 5.50. The van der Waals surface area contributed by atoms with Gasteiger partial charge in [-0.1, -0.05) is 6.07 Å². The number of rotatable bonds is 2. The van der Waals surface area contributed by atoms with E-state index in [4.69, 9.17) is 10.6 Å². The van der Waals surface area contributed by atoms with Gasteiger partial charge in [0.15, 0.2) is 0 Å². The number of ether oxygens (including phenoxy) is 1. The van der Waals surface area contributed by atoms with Gasteiger partial charge in [0.2, 0.25) is 0 Å². The molecular weight excluding hydrogens is 261 g/mol. The van der Waals surface area contributed by atoms with Crippen molar-refractivity contribution in [2.24, 2.45) is 0 Å². The smallest absolute Gasteiger partial charge is 0.417 e. The van der Waals surface area contributed by atoms with E-state index in [0.29, 0.717) is 10.7 Å². The molecule has 0 aliphatic heterocycles. The standard InChI is InChI=1S/C12H11F3N2O2/c1-2-19-9-5-3-4-8-11(9)7(12(13,14)15)6-10(18)17(8)16/h3-6H,2,16H2,1H3. The molecule has 0 amide bonds. The van der Waals surface area contributed by atoms with Crippen LogP contribution in [0.25, 0.3) is 10.9 Å². The number of hydrogen-bond donors (Lipinski definition) is 1. The molecule has 4 nitrogen and oxygen atoms in total. The van der Waals surface area contributed by atoms with Crippen molar-refractivity contribution >= 4 is 10.9 Å². The van der Waals surface area contributed by atoms with Gasteiger partial charge in [-0.3, -0.25) is 4.79 Å². The normalized spacial score (nSPS) is 11.8. The lowest BCUT2D eigenvalue weighted by Crippen LogP contribution is -2.29. The summed E-state index contributed by atoms with van der Waals surface area (Å²) in [5.74, 6) is 5.52. The minimum Gasteiger partial charge on any atom is -0.493 e. The number of aromatic nitrogens is 1. The molecule has 0 aliphatic carbocycles. The number of benzene rings is 1. The molecule has 0 atom stereocenters. The molecule has 102 valence electrons. The summed E-state index contributed by atoms with van der Waals surface area (Å²) < 4.78 is 44.9. The van der Waals surface area contributed by atoms with Gasteiger partial charge < -0.3 is 10.6 Å². The summed E-state index contributed by atoms with van der Waals surface area (Å²) in [5, 5.41) is -0.209. The van der Waals surface area contributed by atoms with E-state index in [9.17, 15) is 18.0 Å². The van der Waals surface area contributed by atoms with E-state index in [0.717, 1.165) is 0 Å². The fourth-order valence-electron chi connectivity index (χ4n) is 1.87. The Hall–Kier alpha value is -2.18. The van der Waals surface area contributed by atoms with Gasteiger partial charge in [0.25, 0.3) is 5.56 Å². The van der Waals surface area contributed by atoms with Crippen LogP contribution in [0.5, 0.6) is 5.75 Å². The lowest BCUT2D eigenvalue weighted by molar-refractivity contribution is -0.136. The van der Waals surface area contributed by atoms with Crippen molar-refractivity contribution in [1.82, 2.24) is 4.68 Å². The summed E-state index contributed by atoms with van der Waals surface area (Å²) in [6.45, 7) is 1.87. The summed E-state index contributed by atoms with van der Waals surface area (Å²) in [6, 6.07) is 4.71. The van der Waals surface area contributed by atoms with Crippen molar-refractivity contribution < 1.29 is 17.9 Å². The third kappa shape index (κ3) is 2.23. The topological polar surface area (TPSA) is 57.2 Å². The van der Waals surface area contributed by atoms with Gasteiger partial charge in [-0.25, -0.2) is 4.68 Å². The molecule has 19 heavy (non-hydrogen) atoms. The highest BCUT2D eigenvalue weighted by Gasteiger charge is 2.35. The molecule has 1 heterocycles. The Balaban J connectivity index is 2.95. The zero-order valence-corrected chi connectivity index (χ0v) is 9.99. The predicted molar refractivity (Wildman–Crippen MR) is 64.5 cm³/mol. The molecule has 0 spiro atoms. The van der Waals surface area contributed by atoms with Gasteiger partial charge in [0, 0.05) is 6.07 Å². The van der Waals surface area contributed by atoms with E-state index < -0.39 is 17.3 Å². The summed E-state index contributed by atoms with van der Waals surface area (Å²) in [6.07, 6.45) is -4.65. The average molecular weight is 272 g/mol. The molecule has 0 saturated heterocycles. The second kappa shape index (κ2) is 4.49. The van der Waals surface area contributed by atoms with E-state index in [1.54, 1.807) is 6.92 Å². The molecule has 2 N–H and O–H groups in total. The first-order valence-corrected chi connectivity index (χ1v) is 5.50. The minimum atomic E-state index is -4.65. The van der Waals surface area contributed by atoms with Crippen LogP contribution in [0.1, 0.15) is 12.5 Å². The molecule has 2 aromatic rings. The van der Waals surface area contributed by atoms with Crippen LogP contribution in [0.15, 0.2) is 29.1 Å². The van der Waals surface area contributed by atoms with Crippen LogP contribution in [0, 0.1) is 0 Å². The third-order valence-corrected chi connectivity index (χ3v) is 2.64. The van der Waals surface area contributed by atoms with Crippen molar-refractivity contribution in [3.8, 4) is 5.75 Å². The second-order valence-electron chi connectivity index (χ2n) is 3.85. The fraction of sp³-hybridized carbons (Fsp3) is 0.250. The number of alkyl halides is 3. The van der Waals surface area contributed by atoms with Crippen LogP contribution in [0.4, 0.5) is 13.2 Å². The molecule has 0 fully saturated rings. The summed E-state index contributed by atoms with van der Waals surface area (Å²) >= 11 is 0. The Morgan fingerprint density at radius 3 is 2.63 bits per heavy atom. The Bertz CT molecular complexity index is 677. The van der Waals surface area contributed by atoms with E-state index in [2.05, 4.69) is 0 Å². The number of pyridine rings is 1. The average Bonchev–Trinajstić information content (AvgIpc) is 2.33. The zero-order chi connectivity index (χ0) is 14.2. The maximum absolute atomic E-state index is 13.0. The van der Waals surface area contributed by atoms with Gasteiger partial charge in [0.05, 0.1) is 23.1 Å². The lowest BCUT2D eigenvalue weighted by atomic mass is 10.1. The molecule has 0 saturated carbocycles. The monoisotopic (exact) mass is 272 g/mol. The van der Waals surface area contributed by atoms with E-state index in [1.165, 1.54) is 18.2 Å². The Kier molecular flexibility index (Phi) is 3.13. The van der Waals surface area contributed by atoms with Crippen molar-refractivity contribution in [2.45, 2.75) is 13.1 Å². The van der Waals surface area contributed by atoms with Gasteiger partial charge in [0.1, 0.15) is 5.75 Å². The molecule has 7 heteroatoms. The first-order chi connectivity index (χ1) is 8.86. The molecule has 1 aromatic carbocycles. The molecule has 2 rings (SSSR count). The molecule has 1 aromatic heterocycles. The predicted octanol–water partition coefficient (Wildman–Crippen LogP) is 2.13. The molecule has 0 aliphatic rings. The Labute approximate surface area is 106 Å². The summed E-state index contributed by atoms with van der Waals surface area (Å²) in [5.41, 5.74) is -1.99. The largest absolute Gasteiger partial charge is 0.493 e. The molecular formula is C12H11F3N2O2. The van der Waals surface area contributed by atoms with Gasteiger partial charge in [-0.2, -0.15) is 13.2 Å². The number of nitrogens with two attached hydrogens (primary N) is 1. The van der Waals surface area contributed by atoms with Crippen molar-refractivity contribution in [1.29, 1.82) is 0 Å². The summed E-state index contributed by atoms with van der Waals surface area (Å²) in [4.78, 5) is 11.5. The van der Waals surface area contributed by atoms with Crippen LogP contribution in [-0.2, 0) is 6.18 Å². The Morgan fingerprint density at radius 2 is 2.05 bits per heavy atom. The molecule has 0 unspecified atom stereocenters. The Morgan fingerprint density at radius 1 is 1.37 bits per heavy atom. The van der Waals surface area contributed by atoms with Crippen molar-refractivity contribution in [2.75, 3.05) is 12.4 Å². The van der Waals surface area contributed by atoms with Gasteiger partial charge >= 0.3 is 6.18 Å². The van der Waals surface area contributed by atoms with E-state index in [-0.39, 0.29) is 23.3 Å². The highest BCUT2D eigenvalue weighted by atomic mass is 19.4. The highest BCUT2D eigenvalue weighted by molar-refractivity contribution is 5.89.